The van der Waals surface area contributed by atoms with Crippen LogP contribution in [0, 0.1) is 0 Å². The lowest BCUT2D eigenvalue weighted by Crippen LogP contribution is -2.17. The predicted molar refractivity (Wildman–Crippen MR) is 84.0 cm³/mol. The third-order valence-electron chi connectivity index (χ3n) is 2.88. The zero-order valence-electron chi connectivity index (χ0n) is 11.9. The molecule has 0 bridgehead atoms. The Kier molecular flexibility index (Phi) is 6.26. The lowest BCUT2D eigenvalue weighted by atomic mass is 9.92. The van der Waals surface area contributed by atoms with Gasteiger partial charge in [0.1, 0.15) is 0 Å². The van der Waals surface area contributed by atoms with E-state index in [2.05, 4.69) is 68.1 Å². The Bertz CT molecular complexity index is 343. The Morgan fingerprint density at radius 2 is 1.29 bits per heavy atom. The van der Waals surface area contributed by atoms with Crippen LogP contribution in [0.3, 0.4) is 0 Å². The molecule has 1 aromatic rings. The summed E-state index contributed by atoms with van der Waals surface area (Å²) in [6.07, 6.45) is 0. The highest BCUT2D eigenvalue weighted by Crippen LogP contribution is 2.33. The van der Waals surface area contributed by atoms with Crippen molar-refractivity contribution in [2.75, 3.05) is 19.0 Å². The minimum absolute atomic E-state index is 0. The van der Waals surface area contributed by atoms with E-state index in [0.717, 1.165) is 0 Å². The second kappa shape index (κ2) is 6.45. The molecule has 1 nitrogen and oxygen atoms in total. The molecule has 0 heterocycles. The summed E-state index contributed by atoms with van der Waals surface area (Å²) in [4.78, 5) is 2.24. The summed E-state index contributed by atoms with van der Waals surface area (Å²) < 4.78 is 0. The molecule has 0 N–H and O–H groups in total. The van der Waals surface area contributed by atoms with Gasteiger partial charge in [0.15, 0.2) is 0 Å². The normalized spacial score (nSPS) is 10.6. The van der Waals surface area contributed by atoms with Crippen molar-refractivity contribution >= 4 is 28.6 Å². The summed E-state index contributed by atoms with van der Waals surface area (Å²) in [6, 6.07) is 4.58. The molecule has 1 unspecified atom stereocenters. The van der Waals surface area contributed by atoms with Crippen LogP contribution < -0.4 is 10.2 Å². The number of anilines is 1. The maximum atomic E-state index is 2.82. The summed E-state index contributed by atoms with van der Waals surface area (Å²) in [5.74, 6) is 1.13. The van der Waals surface area contributed by atoms with E-state index in [-0.39, 0.29) is 8.41 Å². The molecule has 0 saturated heterocycles. The Morgan fingerprint density at radius 1 is 0.941 bits per heavy atom. The van der Waals surface area contributed by atoms with Gasteiger partial charge in [0.25, 0.3) is 0 Å². The Balaban J connectivity index is 0.00000256. The molecule has 0 fully saturated rings. The van der Waals surface area contributed by atoms with Crippen LogP contribution in [0.1, 0.15) is 50.7 Å². The molecule has 3 heteroatoms. The molecule has 0 aromatic heterocycles. The molecule has 17 heavy (non-hydrogen) atoms. The van der Waals surface area contributed by atoms with Crippen molar-refractivity contribution in [3.05, 3.63) is 23.3 Å². The molecule has 3 radical (unpaired) electrons. The highest BCUT2D eigenvalue weighted by molar-refractivity contribution is 7.27. The molecule has 1 rings (SSSR count). The smallest absolute Gasteiger partial charge is 0.0431 e. The van der Waals surface area contributed by atoms with Crippen LogP contribution in [0.2, 0.25) is 0 Å². The first-order chi connectivity index (χ1) is 7.34. The third kappa shape index (κ3) is 3.74. The number of hydrogen-bond donors (Lipinski definition) is 0. The van der Waals surface area contributed by atoms with E-state index in [1.807, 2.05) is 0 Å². The Labute approximate surface area is 111 Å². The topological polar surface area (TPSA) is 3.24 Å². The first kappa shape index (κ1) is 16.5. The molecule has 0 aliphatic heterocycles. The highest BCUT2D eigenvalue weighted by atomic mass is 31.0. The van der Waals surface area contributed by atoms with E-state index in [1.165, 1.54) is 22.1 Å². The first-order valence-electron chi connectivity index (χ1n) is 5.95. The second-order valence-corrected chi connectivity index (χ2v) is 5.92. The van der Waals surface area contributed by atoms with Crippen LogP contribution in [0.25, 0.3) is 0 Å². The average Bonchev–Trinajstić information content (AvgIpc) is 2.15. The van der Waals surface area contributed by atoms with Crippen molar-refractivity contribution in [3.63, 3.8) is 0 Å². The molecule has 0 spiro atoms. The number of benzene rings is 1. The molecule has 93 valence electrons. The average molecular weight is 248 g/mol. The SMILES string of the molecule is CC(C)c1cc(P)cc(C(C)C)c1N(C)C.[B]. The number of nitrogens with zero attached hydrogens (tertiary/aromatic N) is 1. The molecular formula is C14H24BNP. The maximum Gasteiger partial charge on any atom is 0.0431 e. The quantitative estimate of drug-likeness (QED) is 0.586. The fourth-order valence-corrected chi connectivity index (χ4v) is 2.46. The summed E-state index contributed by atoms with van der Waals surface area (Å²) in [5, 5.41) is 1.29. The maximum absolute atomic E-state index is 2.82. The minimum atomic E-state index is 0. The van der Waals surface area contributed by atoms with Gasteiger partial charge in [-0.1, -0.05) is 27.7 Å². The van der Waals surface area contributed by atoms with Gasteiger partial charge in [0.05, 0.1) is 0 Å². The van der Waals surface area contributed by atoms with Crippen LogP contribution >= 0.6 is 9.24 Å². The summed E-state index contributed by atoms with van der Waals surface area (Å²) in [7, 11) is 7.09. The molecule has 1 aromatic carbocycles. The molecule has 0 amide bonds. The van der Waals surface area contributed by atoms with Gasteiger partial charge in [-0.15, -0.1) is 9.24 Å². The van der Waals surface area contributed by atoms with Gasteiger partial charge >= 0.3 is 0 Å². The summed E-state index contributed by atoms with van der Waals surface area (Å²) >= 11 is 0. The van der Waals surface area contributed by atoms with Crippen molar-refractivity contribution in [3.8, 4) is 0 Å². The Hall–Kier alpha value is -0.485. The zero-order valence-corrected chi connectivity index (χ0v) is 13.1. The summed E-state index contributed by atoms with van der Waals surface area (Å²) in [5.41, 5.74) is 4.29. The van der Waals surface area contributed by atoms with Gasteiger partial charge in [-0.2, -0.15) is 0 Å². The van der Waals surface area contributed by atoms with Gasteiger partial charge in [0, 0.05) is 28.2 Å². The van der Waals surface area contributed by atoms with Gasteiger partial charge in [-0.05, 0) is 40.4 Å². The van der Waals surface area contributed by atoms with Crippen molar-refractivity contribution in [2.45, 2.75) is 39.5 Å². The van der Waals surface area contributed by atoms with Crippen LogP contribution in [0.15, 0.2) is 12.1 Å². The van der Waals surface area contributed by atoms with Gasteiger partial charge in [0.2, 0.25) is 0 Å². The standard InChI is InChI=1S/C14H24NP.B/c1-9(2)12-7-11(16)8-13(10(3)4)14(12)15(5)6;/h7-10H,16H2,1-6H3;. The molecule has 0 aliphatic carbocycles. The van der Waals surface area contributed by atoms with E-state index in [9.17, 15) is 0 Å². The molecular weight excluding hydrogens is 224 g/mol. The van der Waals surface area contributed by atoms with Gasteiger partial charge in [-0.3, -0.25) is 0 Å². The van der Waals surface area contributed by atoms with Crippen LogP contribution in [0.5, 0.6) is 0 Å². The van der Waals surface area contributed by atoms with Gasteiger partial charge in [-0.25, -0.2) is 0 Å². The van der Waals surface area contributed by atoms with E-state index in [0.29, 0.717) is 11.8 Å². The monoisotopic (exact) mass is 248 g/mol. The van der Waals surface area contributed by atoms with Crippen LogP contribution in [-0.4, -0.2) is 22.5 Å². The first-order valence-corrected chi connectivity index (χ1v) is 6.53. The van der Waals surface area contributed by atoms with Gasteiger partial charge < -0.3 is 4.90 Å². The van der Waals surface area contributed by atoms with Crippen LogP contribution in [-0.2, 0) is 0 Å². The molecule has 0 saturated carbocycles. The second-order valence-electron chi connectivity index (χ2n) is 5.25. The van der Waals surface area contributed by atoms with E-state index in [4.69, 9.17) is 0 Å². The van der Waals surface area contributed by atoms with Crippen LogP contribution in [0.4, 0.5) is 5.69 Å². The Morgan fingerprint density at radius 3 is 1.53 bits per heavy atom. The van der Waals surface area contributed by atoms with Crippen molar-refractivity contribution in [1.82, 2.24) is 0 Å². The molecule has 1 atom stereocenters. The minimum Gasteiger partial charge on any atom is -0.377 e. The molecule has 0 aliphatic rings. The lowest BCUT2D eigenvalue weighted by Gasteiger charge is -2.26. The zero-order chi connectivity index (χ0) is 12.5. The highest BCUT2D eigenvalue weighted by Gasteiger charge is 2.16. The largest absolute Gasteiger partial charge is 0.377 e. The van der Waals surface area contributed by atoms with Crippen molar-refractivity contribution < 1.29 is 0 Å². The van der Waals surface area contributed by atoms with Crippen molar-refractivity contribution in [1.29, 1.82) is 0 Å². The fraction of sp³-hybridized carbons (Fsp3) is 0.571. The van der Waals surface area contributed by atoms with E-state index in [1.54, 1.807) is 0 Å². The van der Waals surface area contributed by atoms with E-state index < -0.39 is 0 Å². The number of rotatable bonds is 3. The fourth-order valence-electron chi connectivity index (χ4n) is 2.10. The summed E-state index contributed by atoms with van der Waals surface area (Å²) in [6.45, 7) is 9.04. The predicted octanol–water partition coefficient (Wildman–Crippen LogP) is 3.12. The van der Waals surface area contributed by atoms with E-state index >= 15 is 0 Å². The third-order valence-corrected chi connectivity index (χ3v) is 3.22. The number of hydrogen-bond acceptors (Lipinski definition) is 1. The lowest BCUT2D eigenvalue weighted by molar-refractivity contribution is 0.824. The van der Waals surface area contributed by atoms with Crippen molar-refractivity contribution in [2.24, 2.45) is 0 Å².